The molecular weight excluding hydrogens is 346 g/mol. The number of thiocarbonyl (C=S) groups is 1. The molecule has 2 N–H and O–H groups in total. The Morgan fingerprint density at radius 2 is 1.77 bits per heavy atom. The summed E-state index contributed by atoms with van der Waals surface area (Å²) in [5.74, 6) is 0.581. The number of hydrogen-bond acceptors (Lipinski definition) is 4. The molecule has 0 unspecified atom stereocenters. The molecule has 5 nitrogen and oxygen atoms in total. The van der Waals surface area contributed by atoms with Crippen molar-refractivity contribution in [3.63, 3.8) is 0 Å². The van der Waals surface area contributed by atoms with Crippen LogP contribution in [0.5, 0.6) is 5.75 Å². The first kappa shape index (κ1) is 22.4. The maximum absolute atomic E-state index is 12.2. The Hall–Kier alpha value is -1.66. The first-order chi connectivity index (χ1) is 12.6. The fourth-order valence-corrected chi connectivity index (χ4v) is 2.70. The number of rotatable bonds is 12. The zero-order valence-corrected chi connectivity index (χ0v) is 17.2. The van der Waals surface area contributed by atoms with E-state index in [0.29, 0.717) is 23.8 Å². The molecule has 0 aliphatic carbocycles. The van der Waals surface area contributed by atoms with E-state index < -0.39 is 0 Å². The van der Waals surface area contributed by atoms with Gasteiger partial charge in [-0.05, 0) is 56.0 Å². The topological polar surface area (TPSA) is 53.6 Å². The molecule has 1 aromatic rings. The molecule has 0 radical (unpaired) electrons. The van der Waals surface area contributed by atoms with E-state index >= 15 is 0 Å². The van der Waals surface area contributed by atoms with Crippen LogP contribution in [0.4, 0.5) is 0 Å². The van der Waals surface area contributed by atoms with Gasteiger partial charge in [0.2, 0.25) is 0 Å². The number of unbranched alkanes of at least 4 members (excludes halogenated alkanes) is 3. The summed E-state index contributed by atoms with van der Waals surface area (Å²) in [4.78, 5) is 14.5. The van der Waals surface area contributed by atoms with Crippen LogP contribution < -0.4 is 15.4 Å². The molecule has 0 bridgehead atoms. The van der Waals surface area contributed by atoms with Crippen molar-refractivity contribution < 1.29 is 9.53 Å². The Balaban J connectivity index is 2.32. The maximum atomic E-state index is 12.2. The molecule has 1 aromatic carbocycles. The number of nitrogens with one attached hydrogen (secondary N) is 2. The summed E-state index contributed by atoms with van der Waals surface area (Å²) in [7, 11) is 0. The van der Waals surface area contributed by atoms with Gasteiger partial charge in [-0.3, -0.25) is 10.1 Å². The summed E-state index contributed by atoms with van der Waals surface area (Å²) in [6.45, 7) is 10.8. The van der Waals surface area contributed by atoms with Gasteiger partial charge in [0.25, 0.3) is 5.91 Å². The highest BCUT2D eigenvalue weighted by Gasteiger charge is 2.08. The lowest BCUT2D eigenvalue weighted by Gasteiger charge is -2.18. The quantitative estimate of drug-likeness (QED) is 0.429. The van der Waals surface area contributed by atoms with Crippen LogP contribution in [-0.4, -0.2) is 48.7 Å². The van der Waals surface area contributed by atoms with E-state index in [1.54, 1.807) is 12.1 Å². The summed E-state index contributed by atoms with van der Waals surface area (Å²) >= 11 is 5.19. The van der Waals surface area contributed by atoms with Crippen molar-refractivity contribution in [2.75, 3.05) is 32.8 Å². The van der Waals surface area contributed by atoms with E-state index in [1.165, 1.54) is 19.3 Å². The van der Waals surface area contributed by atoms with E-state index in [4.69, 9.17) is 17.0 Å². The molecule has 26 heavy (non-hydrogen) atoms. The van der Waals surface area contributed by atoms with Crippen LogP contribution in [0.2, 0.25) is 0 Å². The van der Waals surface area contributed by atoms with Crippen LogP contribution in [0.3, 0.4) is 0 Å². The number of nitrogens with zero attached hydrogens (tertiary/aromatic N) is 1. The number of carbonyl (C=O) groups is 1. The Morgan fingerprint density at radius 1 is 1.08 bits per heavy atom. The summed E-state index contributed by atoms with van der Waals surface area (Å²) in [6, 6.07) is 7.17. The minimum absolute atomic E-state index is 0.208. The van der Waals surface area contributed by atoms with Crippen molar-refractivity contribution in [1.82, 2.24) is 15.5 Å². The lowest BCUT2D eigenvalue weighted by molar-refractivity contribution is 0.0976. The number of likely N-dealkylation sites (N-methyl/N-ethyl adjacent to an activating group) is 1. The van der Waals surface area contributed by atoms with Gasteiger partial charge in [-0.2, -0.15) is 0 Å². The van der Waals surface area contributed by atoms with E-state index in [1.807, 2.05) is 12.1 Å². The van der Waals surface area contributed by atoms with Gasteiger partial charge in [-0.25, -0.2) is 0 Å². The van der Waals surface area contributed by atoms with E-state index in [2.05, 4.69) is 36.3 Å². The van der Waals surface area contributed by atoms with Gasteiger partial charge >= 0.3 is 0 Å². The largest absolute Gasteiger partial charge is 0.494 e. The highest BCUT2D eigenvalue weighted by molar-refractivity contribution is 7.80. The standard InChI is InChI=1S/C20H33N3O2S/c1-4-7-8-9-16-25-18-12-10-17(11-13-18)19(24)22-20(26)21-14-15-23(5-2)6-3/h10-13H,4-9,14-16H2,1-3H3,(H2,21,22,24,26). The summed E-state index contributed by atoms with van der Waals surface area (Å²) < 4.78 is 5.69. The molecule has 0 spiro atoms. The molecular formula is C20H33N3O2S. The number of carbonyl (C=O) groups excluding carboxylic acids is 1. The average Bonchev–Trinajstić information content (AvgIpc) is 2.65. The van der Waals surface area contributed by atoms with E-state index in [0.717, 1.165) is 31.8 Å². The van der Waals surface area contributed by atoms with Gasteiger partial charge < -0.3 is 15.0 Å². The highest BCUT2D eigenvalue weighted by Crippen LogP contribution is 2.13. The Labute approximate surface area is 163 Å². The highest BCUT2D eigenvalue weighted by atomic mass is 32.1. The smallest absolute Gasteiger partial charge is 0.257 e. The fraction of sp³-hybridized carbons (Fsp3) is 0.600. The second-order valence-corrected chi connectivity index (χ2v) is 6.58. The molecule has 0 aromatic heterocycles. The summed E-state index contributed by atoms with van der Waals surface area (Å²) in [6.07, 6.45) is 4.71. The predicted octanol–water partition coefficient (Wildman–Crippen LogP) is 3.59. The molecule has 0 atom stereocenters. The summed E-state index contributed by atoms with van der Waals surface area (Å²) in [5.41, 5.74) is 0.566. The van der Waals surface area contributed by atoms with Crippen LogP contribution >= 0.6 is 12.2 Å². The van der Waals surface area contributed by atoms with Crippen LogP contribution in [0.15, 0.2) is 24.3 Å². The van der Waals surface area contributed by atoms with Crippen molar-refractivity contribution in [3.05, 3.63) is 29.8 Å². The normalized spacial score (nSPS) is 10.6. The van der Waals surface area contributed by atoms with E-state index in [-0.39, 0.29) is 5.91 Å². The minimum Gasteiger partial charge on any atom is -0.494 e. The van der Waals surface area contributed by atoms with Gasteiger partial charge in [0.05, 0.1) is 6.61 Å². The van der Waals surface area contributed by atoms with Crippen LogP contribution in [-0.2, 0) is 0 Å². The summed E-state index contributed by atoms with van der Waals surface area (Å²) in [5, 5.41) is 6.15. The van der Waals surface area contributed by atoms with Crippen LogP contribution in [0, 0.1) is 0 Å². The van der Waals surface area contributed by atoms with E-state index in [9.17, 15) is 4.79 Å². The van der Waals surface area contributed by atoms with Crippen molar-refractivity contribution in [2.45, 2.75) is 46.5 Å². The monoisotopic (exact) mass is 379 g/mol. The molecule has 6 heteroatoms. The molecule has 0 fully saturated rings. The van der Waals surface area contributed by atoms with Gasteiger partial charge in [0.1, 0.15) is 5.75 Å². The molecule has 0 saturated carbocycles. The number of benzene rings is 1. The second-order valence-electron chi connectivity index (χ2n) is 6.17. The van der Waals surface area contributed by atoms with Gasteiger partial charge in [-0.15, -0.1) is 0 Å². The Bertz CT molecular complexity index is 530. The zero-order valence-electron chi connectivity index (χ0n) is 16.3. The third-order valence-electron chi connectivity index (χ3n) is 4.22. The first-order valence-electron chi connectivity index (χ1n) is 9.65. The van der Waals surface area contributed by atoms with Gasteiger partial charge in [-0.1, -0.05) is 40.0 Å². The lowest BCUT2D eigenvalue weighted by Crippen LogP contribution is -2.42. The average molecular weight is 380 g/mol. The molecule has 0 aliphatic rings. The van der Waals surface area contributed by atoms with Crippen LogP contribution in [0.1, 0.15) is 56.8 Å². The minimum atomic E-state index is -0.208. The predicted molar refractivity (Wildman–Crippen MR) is 112 cm³/mol. The van der Waals surface area contributed by atoms with Crippen molar-refractivity contribution in [3.8, 4) is 5.75 Å². The molecule has 0 aliphatic heterocycles. The first-order valence-corrected chi connectivity index (χ1v) is 10.1. The third kappa shape index (κ3) is 9.15. The second kappa shape index (κ2) is 13.5. The van der Waals surface area contributed by atoms with Crippen molar-refractivity contribution in [2.24, 2.45) is 0 Å². The Kier molecular flexibility index (Phi) is 11.6. The number of ether oxygens (including phenoxy) is 1. The zero-order chi connectivity index (χ0) is 19.2. The molecule has 0 heterocycles. The van der Waals surface area contributed by atoms with Gasteiger partial charge in [0.15, 0.2) is 5.11 Å². The van der Waals surface area contributed by atoms with Crippen LogP contribution in [0.25, 0.3) is 0 Å². The molecule has 1 amide bonds. The number of amides is 1. The fourth-order valence-electron chi connectivity index (χ4n) is 2.51. The lowest BCUT2D eigenvalue weighted by atomic mass is 10.2. The van der Waals surface area contributed by atoms with Crippen molar-refractivity contribution in [1.29, 1.82) is 0 Å². The number of hydrogen-bond donors (Lipinski definition) is 2. The Morgan fingerprint density at radius 3 is 2.38 bits per heavy atom. The molecule has 0 saturated heterocycles. The molecule has 1 rings (SSSR count). The molecule has 146 valence electrons. The van der Waals surface area contributed by atoms with Crippen molar-refractivity contribution >= 4 is 23.2 Å². The SMILES string of the molecule is CCCCCCOc1ccc(C(=O)NC(=S)NCCN(CC)CC)cc1. The maximum Gasteiger partial charge on any atom is 0.257 e. The third-order valence-corrected chi connectivity index (χ3v) is 4.46. The van der Waals surface area contributed by atoms with Gasteiger partial charge in [0, 0.05) is 18.7 Å².